The van der Waals surface area contributed by atoms with Crippen LogP contribution in [0, 0.1) is 16.0 Å². The Morgan fingerprint density at radius 2 is 1.69 bits per heavy atom. The van der Waals surface area contributed by atoms with Crippen molar-refractivity contribution in [2.75, 3.05) is 6.16 Å². The maximum absolute atomic E-state index is 14.0. The molecule has 3 aromatic carbocycles. The van der Waals surface area contributed by atoms with Gasteiger partial charge in [-0.15, -0.1) is 0 Å². The third-order valence-corrected chi connectivity index (χ3v) is 7.97. The fourth-order valence-electron chi connectivity index (χ4n) is 4.18. The lowest BCUT2D eigenvalue weighted by Gasteiger charge is -2.26. The van der Waals surface area contributed by atoms with Crippen LogP contribution in [-0.2, 0) is 14.1 Å². The maximum atomic E-state index is 14.0. The molecule has 0 saturated heterocycles. The summed E-state index contributed by atoms with van der Waals surface area (Å²) >= 11 is 0. The van der Waals surface area contributed by atoms with Gasteiger partial charge in [-0.25, -0.2) is 4.57 Å². The number of hydrogen-bond acceptors (Lipinski definition) is 7. The summed E-state index contributed by atoms with van der Waals surface area (Å²) in [5.41, 5.74) is -0.119. The molecule has 0 aromatic heterocycles. The SMILES string of the molecule is C[C@H](CP(=O)(Oc1ccc([N+](=O)[O-])cc1)Oc1cccc2ccccc12)C(=O)OC1CCCCC1. The molecule has 184 valence electrons. The molecule has 1 aliphatic rings. The van der Waals surface area contributed by atoms with Crippen molar-refractivity contribution >= 4 is 30.0 Å². The molecule has 0 aliphatic heterocycles. The van der Waals surface area contributed by atoms with Gasteiger partial charge in [-0.2, -0.15) is 0 Å². The second-order valence-electron chi connectivity index (χ2n) is 8.80. The van der Waals surface area contributed by atoms with Gasteiger partial charge in [-0.05, 0) is 49.3 Å². The molecule has 8 nitrogen and oxygen atoms in total. The van der Waals surface area contributed by atoms with Gasteiger partial charge in [0.15, 0.2) is 0 Å². The van der Waals surface area contributed by atoms with Crippen molar-refractivity contribution in [3.63, 3.8) is 0 Å². The quantitative estimate of drug-likeness (QED) is 0.137. The number of ether oxygens (including phenoxy) is 1. The van der Waals surface area contributed by atoms with Crippen LogP contribution in [0.1, 0.15) is 39.0 Å². The molecule has 0 heterocycles. The highest BCUT2D eigenvalue weighted by molar-refractivity contribution is 7.54. The first kappa shape index (κ1) is 24.7. The highest BCUT2D eigenvalue weighted by Crippen LogP contribution is 2.51. The molecule has 9 heteroatoms. The largest absolute Gasteiger partial charge is 0.462 e. The van der Waals surface area contributed by atoms with Crippen LogP contribution in [-0.4, -0.2) is 23.2 Å². The Kier molecular flexibility index (Phi) is 7.71. The zero-order valence-corrected chi connectivity index (χ0v) is 20.4. The monoisotopic (exact) mass is 497 g/mol. The first-order valence-corrected chi connectivity index (χ1v) is 13.5. The van der Waals surface area contributed by atoms with Gasteiger partial charge in [0.2, 0.25) is 0 Å². The van der Waals surface area contributed by atoms with Gasteiger partial charge in [0, 0.05) is 17.5 Å². The number of carbonyl (C=O) groups excluding carboxylic acids is 1. The van der Waals surface area contributed by atoms with E-state index in [0.29, 0.717) is 5.75 Å². The average molecular weight is 497 g/mol. The van der Waals surface area contributed by atoms with E-state index >= 15 is 0 Å². The maximum Gasteiger partial charge on any atom is 0.431 e. The summed E-state index contributed by atoms with van der Waals surface area (Å²) in [4.78, 5) is 23.2. The van der Waals surface area contributed by atoms with Crippen LogP contribution in [0.3, 0.4) is 0 Å². The fraction of sp³-hybridized carbons (Fsp3) is 0.346. The Morgan fingerprint density at radius 1 is 1.00 bits per heavy atom. The second kappa shape index (κ2) is 10.9. The van der Waals surface area contributed by atoms with E-state index in [1.165, 1.54) is 24.3 Å². The van der Waals surface area contributed by atoms with Crippen LogP contribution >= 0.6 is 7.60 Å². The molecule has 4 rings (SSSR count). The molecule has 2 atom stereocenters. The van der Waals surface area contributed by atoms with E-state index < -0.39 is 24.4 Å². The lowest BCUT2D eigenvalue weighted by molar-refractivity contribution is -0.384. The third kappa shape index (κ3) is 6.40. The summed E-state index contributed by atoms with van der Waals surface area (Å²) in [6.07, 6.45) is 4.53. The van der Waals surface area contributed by atoms with Gasteiger partial charge in [0.25, 0.3) is 5.69 Å². The minimum Gasteiger partial charge on any atom is -0.462 e. The van der Waals surface area contributed by atoms with E-state index in [1.54, 1.807) is 19.1 Å². The fourth-order valence-corrected chi connectivity index (χ4v) is 6.09. The van der Waals surface area contributed by atoms with Crippen molar-refractivity contribution in [3.8, 4) is 11.5 Å². The first-order valence-electron chi connectivity index (χ1n) is 11.7. The van der Waals surface area contributed by atoms with Crippen molar-refractivity contribution in [2.45, 2.75) is 45.1 Å². The normalized spacial score (nSPS) is 16.7. The van der Waals surface area contributed by atoms with Gasteiger partial charge >= 0.3 is 13.6 Å². The average Bonchev–Trinajstić information content (AvgIpc) is 2.85. The van der Waals surface area contributed by atoms with E-state index in [4.69, 9.17) is 13.8 Å². The van der Waals surface area contributed by atoms with Crippen LogP contribution in [0.2, 0.25) is 0 Å². The molecule has 0 N–H and O–H groups in total. The van der Waals surface area contributed by atoms with Crippen LogP contribution < -0.4 is 9.05 Å². The van der Waals surface area contributed by atoms with Crippen molar-refractivity contribution in [2.24, 2.45) is 5.92 Å². The number of benzene rings is 3. The lowest BCUT2D eigenvalue weighted by Crippen LogP contribution is -2.27. The molecule has 35 heavy (non-hydrogen) atoms. The molecule has 1 aliphatic carbocycles. The number of nitro groups is 1. The minimum absolute atomic E-state index is 0.118. The Balaban J connectivity index is 1.58. The van der Waals surface area contributed by atoms with E-state index in [1.807, 2.05) is 30.3 Å². The lowest BCUT2D eigenvalue weighted by atomic mass is 9.98. The molecule has 1 saturated carbocycles. The zero-order chi connectivity index (χ0) is 24.8. The van der Waals surface area contributed by atoms with E-state index in [-0.39, 0.29) is 23.7 Å². The number of nitrogens with zero attached hydrogens (tertiary/aromatic N) is 1. The highest BCUT2D eigenvalue weighted by Gasteiger charge is 2.35. The summed E-state index contributed by atoms with van der Waals surface area (Å²) in [6.45, 7) is 1.64. The van der Waals surface area contributed by atoms with Crippen LogP contribution in [0.25, 0.3) is 10.8 Å². The molecular formula is C26H28NO7P. The number of esters is 1. The topological polar surface area (TPSA) is 105 Å². The van der Waals surface area contributed by atoms with Crippen molar-refractivity contribution in [1.82, 2.24) is 0 Å². The predicted octanol–water partition coefficient (Wildman–Crippen LogP) is 6.91. The van der Waals surface area contributed by atoms with Crippen molar-refractivity contribution in [1.29, 1.82) is 0 Å². The Morgan fingerprint density at radius 3 is 2.40 bits per heavy atom. The van der Waals surface area contributed by atoms with E-state index in [2.05, 4.69) is 0 Å². The van der Waals surface area contributed by atoms with Gasteiger partial charge < -0.3 is 13.8 Å². The number of hydrogen-bond donors (Lipinski definition) is 0. The van der Waals surface area contributed by atoms with Gasteiger partial charge in [-0.3, -0.25) is 14.9 Å². The van der Waals surface area contributed by atoms with E-state index in [9.17, 15) is 19.5 Å². The number of nitro benzene ring substituents is 1. The van der Waals surface area contributed by atoms with Gasteiger partial charge in [0.1, 0.15) is 17.6 Å². The molecule has 0 radical (unpaired) electrons. The molecule has 0 spiro atoms. The summed E-state index contributed by atoms with van der Waals surface area (Å²) in [6, 6.07) is 18.1. The second-order valence-corrected chi connectivity index (χ2v) is 10.8. The molecule has 3 aromatic rings. The van der Waals surface area contributed by atoms with Gasteiger partial charge in [0.05, 0.1) is 17.0 Å². The Hall–Kier alpha value is -3.38. The summed E-state index contributed by atoms with van der Waals surface area (Å²) in [5.74, 6) is -0.671. The highest BCUT2D eigenvalue weighted by atomic mass is 31.2. The molecule has 0 amide bonds. The minimum atomic E-state index is -3.94. The molecule has 1 fully saturated rings. The molecule has 0 bridgehead atoms. The summed E-state index contributed by atoms with van der Waals surface area (Å²) < 4.78 is 31.5. The molecular weight excluding hydrogens is 469 g/mol. The number of carbonyl (C=O) groups is 1. The van der Waals surface area contributed by atoms with Crippen LogP contribution in [0.4, 0.5) is 5.69 Å². The first-order chi connectivity index (χ1) is 16.8. The number of non-ortho nitro benzene ring substituents is 1. The van der Waals surface area contributed by atoms with Crippen molar-refractivity contribution in [3.05, 3.63) is 76.8 Å². The predicted molar refractivity (Wildman–Crippen MR) is 133 cm³/mol. The molecule has 1 unspecified atom stereocenters. The van der Waals surface area contributed by atoms with Crippen LogP contribution in [0.5, 0.6) is 11.5 Å². The standard InChI is InChI=1S/C26H28NO7P/c1-19(26(28)32-22-10-3-2-4-11-22)18-35(31,33-23-16-14-21(15-17-23)27(29)30)34-25-13-7-9-20-8-5-6-12-24(20)25/h5-9,12-17,19,22H,2-4,10-11,18H2,1H3/t19-,35?/m1/s1. The Labute approximate surface area is 203 Å². The van der Waals surface area contributed by atoms with E-state index in [0.717, 1.165) is 42.9 Å². The third-order valence-electron chi connectivity index (χ3n) is 6.01. The van der Waals surface area contributed by atoms with Crippen molar-refractivity contribution < 1.29 is 28.1 Å². The van der Waals surface area contributed by atoms with Crippen LogP contribution in [0.15, 0.2) is 66.7 Å². The Bertz CT molecular complexity index is 1230. The van der Waals surface area contributed by atoms with Gasteiger partial charge in [-0.1, -0.05) is 49.7 Å². The number of rotatable bonds is 9. The zero-order valence-electron chi connectivity index (χ0n) is 19.5. The summed E-state index contributed by atoms with van der Waals surface area (Å²) in [7, 11) is -3.94. The summed E-state index contributed by atoms with van der Waals surface area (Å²) in [5, 5.41) is 12.6. The number of fused-ring (bicyclic) bond motifs is 1. The smallest absolute Gasteiger partial charge is 0.431 e.